The molecule has 0 nitrogen and oxygen atoms in total. The van der Waals surface area contributed by atoms with Gasteiger partial charge in [0.2, 0.25) is 0 Å². The number of thiol groups is 1. The number of rotatable bonds is 1. The first kappa shape index (κ1) is 7.70. The molecular formula is C8H7ClS. The molecule has 0 N–H and O–H groups in total. The van der Waals surface area contributed by atoms with Crippen molar-refractivity contribution in [3.63, 3.8) is 0 Å². The molecule has 0 aliphatic carbocycles. The van der Waals surface area contributed by atoms with Crippen molar-refractivity contribution in [2.75, 3.05) is 0 Å². The molecule has 0 aromatic heterocycles. The third kappa shape index (κ3) is 2.09. The molecule has 1 aromatic rings. The van der Waals surface area contributed by atoms with E-state index < -0.39 is 0 Å². The summed E-state index contributed by atoms with van der Waals surface area (Å²) < 4.78 is 0. The highest BCUT2D eigenvalue weighted by Gasteiger charge is 1.85. The normalized spacial score (nSPS) is 10.6. The average Bonchev–Trinajstić information content (AvgIpc) is 1.95. The molecule has 1 aromatic carbocycles. The van der Waals surface area contributed by atoms with Crippen molar-refractivity contribution in [1.29, 1.82) is 0 Å². The zero-order valence-corrected chi connectivity index (χ0v) is 6.94. The second kappa shape index (κ2) is 3.69. The molecule has 0 aliphatic heterocycles. The Morgan fingerprint density at radius 2 is 1.80 bits per heavy atom. The predicted octanol–water partition coefficient (Wildman–Crippen LogP) is 3.24. The van der Waals surface area contributed by atoms with E-state index >= 15 is 0 Å². The summed E-state index contributed by atoms with van der Waals surface area (Å²) in [5, 5.41) is 2.46. The number of halogens is 1. The van der Waals surface area contributed by atoms with Gasteiger partial charge in [0.25, 0.3) is 0 Å². The van der Waals surface area contributed by atoms with Crippen molar-refractivity contribution < 1.29 is 0 Å². The fourth-order valence-electron chi connectivity index (χ4n) is 0.660. The van der Waals surface area contributed by atoms with Gasteiger partial charge in [0.05, 0.1) is 0 Å². The van der Waals surface area contributed by atoms with Crippen LogP contribution in [0.25, 0.3) is 6.08 Å². The van der Waals surface area contributed by atoms with Crippen LogP contribution in [-0.2, 0) is 0 Å². The van der Waals surface area contributed by atoms with Crippen molar-refractivity contribution in [1.82, 2.24) is 0 Å². The molecule has 1 rings (SSSR count). The molecule has 0 saturated carbocycles. The molecule has 0 bridgehead atoms. The van der Waals surface area contributed by atoms with Gasteiger partial charge in [-0.2, -0.15) is 12.6 Å². The highest BCUT2D eigenvalue weighted by molar-refractivity contribution is 7.83. The Labute approximate surface area is 70.9 Å². The molecule has 2 heteroatoms. The SMILES string of the molecule is S/C=C/c1ccc(Cl)cc1. The van der Waals surface area contributed by atoms with Crippen LogP contribution < -0.4 is 0 Å². The van der Waals surface area contributed by atoms with E-state index in [9.17, 15) is 0 Å². The maximum absolute atomic E-state index is 5.67. The first-order chi connectivity index (χ1) is 4.83. The standard InChI is InChI=1S/C8H7ClS/c9-8-3-1-7(2-4-8)5-6-10/h1-6,10H/b6-5+. The minimum absolute atomic E-state index is 0.760. The summed E-state index contributed by atoms with van der Waals surface area (Å²) in [6.45, 7) is 0. The van der Waals surface area contributed by atoms with Crippen LogP contribution in [0.5, 0.6) is 0 Å². The second-order valence-electron chi connectivity index (χ2n) is 1.87. The van der Waals surface area contributed by atoms with Crippen LogP contribution in [0, 0.1) is 0 Å². The van der Waals surface area contributed by atoms with E-state index in [1.807, 2.05) is 30.3 Å². The number of benzene rings is 1. The van der Waals surface area contributed by atoms with Gasteiger partial charge in [-0.15, -0.1) is 0 Å². The highest BCUT2D eigenvalue weighted by Crippen LogP contribution is 2.10. The van der Waals surface area contributed by atoms with Crippen molar-refractivity contribution in [3.05, 3.63) is 40.3 Å². The molecule has 52 valence electrons. The van der Waals surface area contributed by atoms with Gasteiger partial charge in [-0.1, -0.05) is 23.7 Å². The summed E-state index contributed by atoms with van der Waals surface area (Å²) in [6.07, 6.45) is 1.90. The van der Waals surface area contributed by atoms with Crippen molar-refractivity contribution >= 4 is 30.3 Å². The van der Waals surface area contributed by atoms with E-state index in [0.29, 0.717) is 0 Å². The minimum Gasteiger partial charge on any atom is -0.151 e. The lowest BCUT2D eigenvalue weighted by molar-refractivity contribution is 1.66. The fraction of sp³-hybridized carbons (Fsp3) is 0. The topological polar surface area (TPSA) is 0 Å². The first-order valence-corrected chi connectivity index (χ1v) is 3.78. The van der Waals surface area contributed by atoms with Crippen LogP contribution in [0.3, 0.4) is 0 Å². The van der Waals surface area contributed by atoms with Crippen LogP contribution in [-0.4, -0.2) is 0 Å². The average molecular weight is 171 g/mol. The fourth-order valence-corrected chi connectivity index (χ4v) is 0.958. The summed E-state index contributed by atoms with van der Waals surface area (Å²) in [5.41, 5.74) is 1.11. The molecule has 0 spiro atoms. The molecule has 0 saturated heterocycles. The van der Waals surface area contributed by atoms with Gasteiger partial charge in [0.15, 0.2) is 0 Å². The molecule has 0 amide bonds. The molecule has 10 heavy (non-hydrogen) atoms. The molecule has 0 heterocycles. The van der Waals surface area contributed by atoms with E-state index in [-0.39, 0.29) is 0 Å². The van der Waals surface area contributed by atoms with Gasteiger partial charge >= 0.3 is 0 Å². The van der Waals surface area contributed by atoms with Gasteiger partial charge < -0.3 is 0 Å². The zero-order chi connectivity index (χ0) is 7.40. The molecule has 0 aliphatic rings. The smallest absolute Gasteiger partial charge is 0.0406 e. The van der Waals surface area contributed by atoms with Gasteiger partial charge in [-0.3, -0.25) is 0 Å². The zero-order valence-electron chi connectivity index (χ0n) is 5.29. The van der Waals surface area contributed by atoms with Gasteiger partial charge in [0.1, 0.15) is 0 Å². The lowest BCUT2D eigenvalue weighted by Crippen LogP contribution is -1.68. The molecule has 0 radical (unpaired) electrons. The lowest BCUT2D eigenvalue weighted by atomic mass is 10.2. The highest BCUT2D eigenvalue weighted by atomic mass is 35.5. The van der Waals surface area contributed by atoms with E-state index in [2.05, 4.69) is 12.6 Å². The Kier molecular flexibility index (Phi) is 2.84. The minimum atomic E-state index is 0.760. The molecule has 0 atom stereocenters. The Balaban J connectivity index is 2.89. The van der Waals surface area contributed by atoms with Gasteiger partial charge in [-0.05, 0) is 29.2 Å². The third-order valence-electron chi connectivity index (χ3n) is 1.14. The van der Waals surface area contributed by atoms with E-state index in [1.54, 1.807) is 5.41 Å². The molecule has 0 fully saturated rings. The summed E-state index contributed by atoms with van der Waals surface area (Å²) in [4.78, 5) is 0. The second-order valence-corrected chi connectivity index (χ2v) is 2.60. The first-order valence-electron chi connectivity index (χ1n) is 2.89. The van der Waals surface area contributed by atoms with Gasteiger partial charge in [-0.25, -0.2) is 0 Å². The number of hydrogen-bond acceptors (Lipinski definition) is 1. The molecular weight excluding hydrogens is 164 g/mol. The number of hydrogen-bond donors (Lipinski definition) is 1. The van der Waals surface area contributed by atoms with Crippen molar-refractivity contribution in [2.24, 2.45) is 0 Å². The Hall–Kier alpha value is -0.400. The van der Waals surface area contributed by atoms with Crippen molar-refractivity contribution in [2.45, 2.75) is 0 Å². The van der Waals surface area contributed by atoms with E-state index in [1.165, 1.54) is 0 Å². The summed E-state index contributed by atoms with van der Waals surface area (Å²) >= 11 is 9.61. The Bertz CT molecular complexity index is 226. The van der Waals surface area contributed by atoms with Crippen LogP contribution in [0.4, 0.5) is 0 Å². The van der Waals surface area contributed by atoms with E-state index in [4.69, 9.17) is 11.6 Å². The summed E-state index contributed by atoms with van der Waals surface area (Å²) in [7, 11) is 0. The quantitative estimate of drug-likeness (QED) is 0.615. The maximum Gasteiger partial charge on any atom is 0.0406 e. The van der Waals surface area contributed by atoms with Crippen LogP contribution in [0.1, 0.15) is 5.56 Å². The van der Waals surface area contributed by atoms with Crippen LogP contribution in [0.15, 0.2) is 29.7 Å². The van der Waals surface area contributed by atoms with Crippen LogP contribution >= 0.6 is 24.2 Å². The summed E-state index contributed by atoms with van der Waals surface area (Å²) in [5.74, 6) is 0. The predicted molar refractivity (Wildman–Crippen MR) is 49.5 cm³/mol. The van der Waals surface area contributed by atoms with Crippen molar-refractivity contribution in [3.8, 4) is 0 Å². The van der Waals surface area contributed by atoms with E-state index in [0.717, 1.165) is 10.6 Å². The largest absolute Gasteiger partial charge is 0.151 e. The summed E-state index contributed by atoms with van der Waals surface area (Å²) in [6, 6.07) is 7.58. The van der Waals surface area contributed by atoms with Gasteiger partial charge in [0, 0.05) is 5.02 Å². The van der Waals surface area contributed by atoms with Crippen LogP contribution in [0.2, 0.25) is 5.02 Å². The molecule has 0 unspecified atom stereocenters. The maximum atomic E-state index is 5.67. The third-order valence-corrected chi connectivity index (χ3v) is 1.54. The Morgan fingerprint density at radius 3 is 2.30 bits per heavy atom. The lowest BCUT2D eigenvalue weighted by Gasteiger charge is -1.90. The Morgan fingerprint density at radius 1 is 1.20 bits per heavy atom. The monoisotopic (exact) mass is 170 g/mol.